The number of halogens is 2. The van der Waals surface area contributed by atoms with Crippen molar-refractivity contribution in [2.24, 2.45) is 4.99 Å². The molecule has 25 heavy (non-hydrogen) atoms. The number of nitrogens with zero attached hydrogens (tertiary/aromatic N) is 2. The van der Waals surface area contributed by atoms with E-state index in [1.165, 1.54) is 18.4 Å². The van der Waals surface area contributed by atoms with Gasteiger partial charge in [0.25, 0.3) is 5.91 Å². The van der Waals surface area contributed by atoms with Gasteiger partial charge in [-0.25, -0.2) is 0 Å². The third kappa shape index (κ3) is 3.84. The van der Waals surface area contributed by atoms with Gasteiger partial charge >= 0.3 is 5.97 Å². The topological polar surface area (TPSA) is 60.7 Å². The number of methoxy groups -OCH3 is 1. The van der Waals surface area contributed by atoms with Gasteiger partial charge in [0.05, 0.1) is 27.9 Å². The van der Waals surface area contributed by atoms with Crippen molar-refractivity contribution in [2.75, 3.05) is 7.11 Å². The Hall–Kier alpha value is -1.96. The van der Waals surface area contributed by atoms with E-state index in [1.807, 2.05) is 24.3 Å². The Morgan fingerprint density at radius 3 is 2.80 bits per heavy atom. The van der Waals surface area contributed by atoms with Gasteiger partial charge in [0.1, 0.15) is 6.54 Å². The molecule has 0 radical (unpaired) electrons. The van der Waals surface area contributed by atoms with Gasteiger partial charge in [-0.1, -0.05) is 51.0 Å². The highest BCUT2D eigenvalue weighted by atomic mass is 79.9. The highest BCUT2D eigenvalue weighted by molar-refractivity contribution is 9.10. The molecule has 128 valence electrons. The molecule has 0 atom stereocenters. The molecule has 5 nitrogen and oxygen atoms in total. The van der Waals surface area contributed by atoms with E-state index in [2.05, 4.69) is 20.9 Å². The number of esters is 1. The zero-order valence-corrected chi connectivity index (χ0v) is 16.2. The monoisotopic (exact) mass is 438 g/mol. The minimum atomic E-state index is -0.475. The minimum absolute atomic E-state index is 0.0289. The van der Waals surface area contributed by atoms with E-state index in [4.69, 9.17) is 16.3 Å². The van der Waals surface area contributed by atoms with Gasteiger partial charge in [-0.2, -0.15) is 4.99 Å². The number of hydrogen-bond acceptors (Lipinski definition) is 4. The Labute approximate surface area is 160 Å². The maximum Gasteiger partial charge on any atom is 0.325 e. The summed E-state index contributed by atoms with van der Waals surface area (Å²) in [5.74, 6) is -0.894. The van der Waals surface area contributed by atoms with Crippen molar-refractivity contribution in [3.8, 4) is 0 Å². The van der Waals surface area contributed by atoms with Gasteiger partial charge < -0.3 is 9.30 Å². The SMILES string of the molecule is COC(=O)Cn1c(=NC(=O)c2cc(Br)ccc2Cl)sc2ccccc21. The number of hydrogen-bond donors (Lipinski definition) is 0. The van der Waals surface area contributed by atoms with Gasteiger partial charge in [0.15, 0.2) is 4.80 Å². The van der Waals surface area contributed by atoms with Crippen LogP contribution in [0.3, 0.4) is 0 Å². The number of rotatable bonds is 3. The van der Waals surface area contributed by atoms with Crippen molar-refractivity contribution in [3.63, 3.8) is 0 Å². The molecule has 0 saturated carbocycles. The van der Waals surface area contributed by atoms with Gasteiger partial charge in [-0.15, -0.1) is 0 Å². The normalized spacial score (nSPS) is 11.7. The lowest BCUT2D eigenvalue weighted by Gasteiger charge is -2.04. The first kappa shape index (κ1) is 17.8. The number of carbonyl (C=O) groups is 2. The first-order valence-electron chi connectivity index (χ1n) is 7.19. The number of carbonyl (C=O) groups excluding carboxylic acids is 2. The summed E-state index contributed by atoms with van der Waals surface area (Å²) in [6.07, 6.45) is 0. The molecule has 0 bridgehead atoms. The molecule has 0 unspecified atom stereocenters. The minimum Gasteiger partial charge on any atom is -0.468 e. The first-order valence-corrected chi connectivity index (χ1v) is 9.17. The zero-order chi connectivity index (χ0) is 18.0. The van der Waals surface area contributed by atoms with Crippen LogP contribution < -0.4 is 4.80 Å². The maximum absolute atomic E-state index is 12.6. The van der Waals surface area contributed by atoms with E-state index in [-0.39, 0.29) is 12.1 Å². The smallest absolute Gasteiger partial charge is 0.325 e. The average molecular weight is 440 g/mol. The largest absolute Gasteiger partial charge is 0.468 e. The number of amides is 1. The Kier molecular flexibility index (Phi) is 5.36. The second kappa shape index (κ2) is 7.51. The molecule has 0 aliphatic heterocycles. The van der Waals surface area contributed by atoms with E-state index < -0.39 is 11.9 Å². The summed E-state index contributed by atoms with van der Waals surface area (Å²) < 4.78 is 8.05. The molecule has 0 fully saturated rings. The average Bonchev–Trinajstić information content (AvgIpc) is 2.94. The lowest BCUT2D eigenvalue weighted by atomic mass is 10.2. The van der Waals surface area contributed by atoms with Crippen molar-refractivity contribution in [1.82, 2.24) is 4.57 Å². The Morgan fingerprint density at radius 2 is 2.04 bits per heavy atom. The number of para-hydroxylation sites is 1. The van der Waals surface area contributed by atoms with Crippen molar-refractivity contribution < 1.29 is 14.3 Å². The second-order valence-corrected chi connectivity index (χ2v) is 7.39. The molecular formula is C17H12BrClN2O3S. The highest BCUT2D eigenvalue weighted by Crippen LogP contribution is 2.22. The molecule has 0 aliphatic rings. The highest BCUT2D eigenvalue weighted by Gasteiger charge is 2.14. The second-order valence-electron chi connectivity index (χ2n) is 5.06. The van der Waals surface area contributed by atoms with Gasteiger partial charge in [-0.3, -0.25) is 9.59 Å². The molecular weight excluding hydrogens is 428 g/mol. The molecule has 1 amide bonds. The molecule has 1 heterocycles. The quantitative estimate of drug-likeness (QED) is 0.579. The predicted octanol–water partition coefficient (Wildman–Crippen LogP) is 4.03. The van der Waals surface area contributed by atoms with Crippen LogP contribution in [0.1, 0.15) is 10.4 Å². The van der Waals surface area contributed by atoms with Crippen molar-refractivity contribution in [2.45, 2.75) is 6.54 Å². The van der Waals surface area contributed by atoms with Crippen molar-refractivity contribution in [1.29, 1.82) is 0 Å². The molecule has 3 aromatic rings. The van der Waals surface area contributed by atoms with Gasteiger partial charge in [0.2, 0.25) is 0 Å². The van der Waals surface area contributed by atoms with Crippen LogP contribution in [0.15, 0.2) is 51.9 Å². The summed E-state index contributed by atoms with van der Waals surface area (Å²) in [4.78, 5) is 28.9. The van der Waals surface area contributed by atoms with Gasteiger partial charge in [-0.05, 0) is 30.3 Å². The Morgan fingerprint density at radius 1 is 1.28 bits per heavy atom. The number of aromatic nitrogens is 1. The molecule has 0 aliphatic carbocycles. The van der Waals surface area contributed by atoms with Crippen LogP contribution in [0, 0.1) is 0 Å². The lowest BCUT2D eigenvalue weighted by Crippen LogP contribution is -2.22. The first-order chi connectivity index (χ1) is 12.0. The molecule has 8 heteroatoms. The summed E-state index contributed by atoms with van der Waals surface area (Å²) in [7, 11) is 1.32. The molecule has 1 aromatic heterocycles. The van der Waals surface area contributed by atoms with Gasteiger partial charge in [0, 0.05) is 4.47 Å². The zero-order valence-electron chi connectivity index (χ0n) is 13.0. The maximum atomic E-state index is 12.6. The van der Waals surface area contributed by atoms with Crippen LogP contribution in [0.25, 0.3) is 10.2 Å². The van der Waals surface area contributed by atoms with Crippen LogP contribution in [-0.2, 0) is 16.1 Å². The summed E-state index contributed by atoms with van der Waals surface area (Å²) >= 11 is 10.7. The van der Waals surface area contributed by atoms with Crippen LogP contribution in [0.2, 0.25) is 5.02 Å². The summed E-state index contributed by atoms with van der Waals surface area (Å²) in [5, 5.41) is 0.317. The lowest BCUT2D eigenvalue weighted by molar-refractivity contribution is -0.141. The third-order valence-electron chi connectivity index (χ3n) is 3.46. The van der Waals surface area contributed by atoms with E-state index in [0.29, 0.717) is 9.82 Å². The van der Waals surface area contributed by atoms with E-state index in [1.54, 1.807) is 22.8 Å². The molecule has 0 saturated heterocycles. The summed E-state index contributed by atoms with van der Waals surface area (Å²) in [6.45, 7) is -0.0289. The number of thiazole rings is 1. The molecule has 3 rings (SSSR count). The Bertz CT molecular complexity index is 1040. The standard InChI is InChI=1S/C17H12BrClN2O3S/c1-24-15(22)9-21-13-4-2-3-5-14(13)25-17(21)20-16(23)11-8-10(18)6-7-12(11)19/h2-8H,9H2,1H3. The van der Waals surface area contributed by atoms with Crippen LogP contribution >= 0.6 is 38.9 Å². The number of fused-ring (bicyclic) bond motifs is 1. The number of ether oxygens (including phenoxy) is 1. The van der Waals surface area contributed by atoms with Crippen LogP contribution in [0.4, 0.5) is 0 Å². The van der Waals surface area contributed by atoms with E-state index in [0.717, 1.165) is 14.7 Å². The predicted molar refractivity (Wildman–Crippen MR) is 101 cm³/mol. The third-order valence-corrected chi connectivity index (χ3v) is 5.34. The molecule has 0 spiro atoms. The fraction of sp³-hybridized carbons (Fsp3) is 0.118. The number of benzene rings is 2. The fourth-order valence-electron chi connectivity index (χ4n) is 2.26. The summed E-state index contributed by atoms with van der Waals surface area (Å²) in [6, 6.07) is 12.5. The van der Waals surface area contributed by atoms with E-state index in [9.17, 15) is 9.59 Å². The molecule has 0 N–H and O–H groups in total. The fourth-order valence-corrected chi connectivity index (χ4v) is 3.85. The summed E-state index contributed by atoms with van der Waals surface area (Å²) in [5.41, 5.74) is 1.10. The van der Waals surface area contributed by atoms with Crippen molar-refractivity contribution in [3.05, 3.63) is 62.3 Å². The molecule has 2 aromatic carbocycles. The van der Waals surface area contributed by atoms with Crippen LogP contribution in [0.5, 0.6) is 0 Å². The van der Waals surface area contributed by atoms with Crippen molar-refractivity contribution >= 4 is 61.0 Å². The van der Waals surface area contributed by atoms with Crippen LogP contribution in [-0.4, -0.2) is 23.6 Å². The van der Waals surface area contributed by atoms with E-state index >= 15 is 0 Å². The Balaban J connectivity index is 2.15.